The molecular weight excluding hydrogens is 177 g/mol. The number of alkyl halides is 1. The quantitative estimate of drug-likeness (QED) is 0.615. The molecule has 0 aromatic carbocycles. The van der Waals surface area contributed by atoms with E-state index < -0.39 is 12.3 Å². The number of carbonyl (C=O) groups excluding carboxylic acids is 1. The van der Waals surface area contributed by atoms with E-state index in [1.807, 2.05) is 0 Å². The van der Waals surface area contributed by atoms with E-state index >= 15 is 0 Å². The molecular formula is C8H14FNO3. The van der Waals surface area contributed by atoms with E-state index in [0.29, 0.717) is 13.0 Å². The molecule has 0 spiro atoms. The Morgan fingerprint density at radius 1 is 1.54 bits per heavy atom. The van der Waals surface area contributed by atoms with E-state index in [2.05, 4.69) is 4.74 Å². The van der Waals surface area contributed by atoms with Crippen LogP contribution < -0.4 is 0 Å². The smallest absolute Gasteiger partial charge is 0.409 e. The molecule has 0 aromatic heterocycles. The van der Waals surface area contributed by atoms with E-state index in [1.165, 1.54) is 19.1 Å². The molecule has 0 saturated carbocycles. The summed E-state index contributed by atoms with van der Waals surface area (Å²) in [5.41, 5.74) is 0. The second-order valence-electron chi connectivity index (χ2n) is 2.99. The van der Waals surface area contributed by atoms with Crippen molar-refractivity contribution in [2.24, 2.45) is 0 Å². The highest BCUT2D eigenvalue weighted by molar-refractivity contribution is 5.67. The summed E-state index contributed by atoms with van der Waals surface area (Å²) >= 11 is 0. The van der Waals surface area contributed by atoms with Crippen molar-refractivity contribution < 1.29 is 18.7 Å². The average molecular weight is 191 g/mol. The molecule has 0 radical (unpaired) electrons. The number of halogens is 1. The van der Waals surface area contributed by atoms with Crippen molar-refractivity contribution >= 4 is 6.09 Å². The van der Waals surface area contributed by atoms with Crippen LogP contribution >= 0.6 is 0 Å². The van der Waals surface area contributed by atoms with Gasteiger partial charge >= 0.3 is 6.09 Å². The van der Waals surface area contributed by atoms with Gasteiger partial charge in [-0.05, 0) is 6.42 Å². The summed E-state index contributed by atoms with van der Waals surface area (Å²) in [7, 11) is 2.77. The predicted octanol–water partition coefficient (Wildman–Crippen LogP) is 0.812. The fourth-order valence-corrected chi connectivity index (χ4v) is 1.44. The van der Waals surface area contributed by atoms with Gasteiger partial charge in [-0.25, -0.2) is 9.18 Å². The Hall–Kier alpha value is -0.840. The van der Waals surface area contributed by atoms with E-state index in [-0.39, 0.29) is 12.6 Å². The number of piperidine rings is 1. The van der Waals surface area contributed by atoms with Gasteiger partial charge in [0.15, 0.2) is 0 Å². The number of likely N-dealkylation sites (tertiary alicyclic amines) is 1. The summed E-state index contributed by atoms with van der Waals surface area (Å²) in [6, 6.07) is 0. The minimum absolute atomic E-state index is 0.0607. The van der Waals surface area contributed by atoms with Crippen molar-refractivity contribution in [1.29, 1.82) is 0 Å². The number of carbonyl (C=O) groups is 1. The lowest BCUT2D eigenvalue weighted by molar-refractivity contribution is -0.0194. The van der Waals surface area contributed by atoms with E-state index in [1.54, 1.807) is 0 Å². The van der Waals surface area contributed by atoms with Gasteiger partial charge in [-0.3, -0.25) is 0 Å². The van der Waals surface area contributed by atoms with Crippen LogP contribution in [0.5, 0.6) is 0 Å². The maximum atomic E-state index is 13.2. The molecule has 4 nitrogen and oxygen atoms in total. The third-order valence-electron chi connectivity index (χ3n) is 2.22. The molecule has 0 aromatic rings. The highest BCUT2D eigenvalue weighted by atomic mass is 19.1. The van der Waals surface area contributed by atoms with Gasteiger partial charge in [0.1, 0.15) is 6.17 Å². The first-order valence-corrected chi connectivity index (χ1v) is 4.18. The van der Waals surface area contributed by atoms with Crippen LogP contribution in [0.2, 0.25) is 0 Å². The Kier molecular flexibility index (Phi) is 3.48. The van der Waals surface area contributed by atoms with Crippen LogP contribution in [-0.4, -0.2) is 50.6 Å². The van der Waals surface area contributed by atoms with Gasteiger partial charge in [-0.1, -0.05) is 0 Å². The molecule has 1 saturated heterocycles. The van der Waals surface area contributed by atoms with Gasteiger partial charge in [0.05, 0.1) is 19.8 Å². The van der Waals surface area contributed by atoms with Gasteiger partial charge in [0.2, 0.25) is 0 Å². The van der Waals surface area contributed by atoms with E-state index in [0.717, 1.165) is 0 Å². The average Bonchev–Trinajstić information content (AvgIpc) is 2.16. The lowest BCUT2D eigenvalue weighted by Crippen LogP contribution is -2.47. The zero-order valence-corrected chi connectivity index (χ0v) is 7.83. The third kappa shape index (κ3) is 2.30. The number of methoxy groups -OCH3 is 2. The third-order valence-corrected chi connectivity index (χ3v) is 2.22. The van der Waals surface area contributed by atoms with Crippen LogP contribution in [0.25, 0.3) is 0 Å². The molecule has 1 rings (SSSR count). The maximum Gasteiger partial charge on any atom is 0.409 e. The number of hydrogen-bond acceptors (Lipinski definition) is 3. The highest BCUT2D eigenvalue weighted by Gasteiger charge is 2.31. The first-order chi connectivity index (χ1) is 6.19. The molecule has 1 fully saturated rings. The molecule has 1 aliphatic heterocycles. The van der Waals surface area contributed by atoms with Crippen molar-refractivity contribution in [3.05, 3.63) is 0 Å². The van der Waals surface area contributed by atoms with Crippen molar-refractivity contribution in [2.45, 2.75) is 18.7 Å². The zero-order chi connectivity index (χ0) is 9.84. The van der Waals surface area contributed by atoms with Crippen molar-refractivity contribution in [1.82, 2.24) is 4.90 Å². The van der Waals surface area contributed by atoms with Crippen molar-refractivity contribution in [3.8, 4) is 0 Å². The van der Waals surface area contributed by atoms with E-state index in [4.69, 9.17) is 4.74 Å². The molecule has 13 heavy (non-hydrogen) atoms. The Balaban J connectivity index is 2.45. The second kappa shape index (κ2) is 4.41. The summed E-state index contributed by atoms with van der Waals surface area (Å²) in [4.78, 5) is 12.4. The highest BCUT2D eigenvalue weighted by Crippen LogP contribution is 2.16. The molecule has 1 amide bonds. The second-order valence-corrected chi connectivity index (χ2v) is 2.99. The maximum absolute atomic E-state index is 13.2. The van der Waals surface area contributed by atoms with Crippen LogP contribution in [-0.2, 0) is 9.47 Å². The molecule has 2 atom stereocenters. The molecule has 1 heterocycles. The predicted molar refractivity (Wildman–Crippen MR) is 44.3 cm³/mol. The number of rotatable bonds is 1. The van der Waals surface area contributed by atoms with Crippen LogP contribution in [0, 0.1) is 0 Å². The molecule has 0 aliphatic carbocycles. The van der Waals surface area contributed by atoms with Gasteiger partial charge in [-0.2, -0.15) is 0 Å². The Bertz CT molecular complexity index is 188. The topological polar surface area (TPSA) is 38.8 Å². The molecule has 1 aliphatic rings. The molecule has 0 N–H and O–H groups in total. The van der Waals surface area contributed by atoms with Crippen LogP contribution in [0.4, 0.5) is 9.18 Å². The molecule has 76 valence electrons. The van der Waals surface area contributed by atoms with Crippen LogP contribution in [0.3, 0.4) is 0 Å². The summed E-state index contributed by atoms with van der Waals surface area (Å²) in [5.74, 6) is 0. The van der Waals surface area contributed by atoms with Gasteiger partial charge in [-0.15, -0.1) is 0 Å². The van der Waals surface area contributed by atoms with Gasteiger partial charge < -0.3 is 14.4 Å². The molecule has 0 bridgehead atoms. The Morgan fingerprint density at radius 2 is 2.23 bits per heavy atom. The summed E-state index contributed by atoms with van der Waals surface area (Å²) < 4.78 is 22.6. The minimum atomic E-state index is -1.11. The fraction of sp³-hybridized carbons (Fsp3) is 0.875. The number of hydrogen-bond donors (Lipinski definition) is 0. The molecule has 0 unspecified atom stereocenters. The first-order valence-electron chi connectivity index (χ1n) is 4.18. The van der Waals surface area contributed by atoms with Crippen LogP contribution in [0.1, 0.15) is 6.42 Å². The lowest BCUT2D eigenvalue weighted by atomic mass is 10.1. The first kappa shape index (κ1) is 10.2. The van der Waals surface area contributed by atoms with E-state index in [9.17, 15) is 9.18 Å². The Morgan fingerprint density at radius 3 is 2.69 bits per heavy atom. The van der Waals surface area contributed by atoms with Gasteiger partial charge in [0, 0.05) is 13.7 Å². The van der Waals surface area contributed by atoms with Crippen LogP contribution in [0.15, 0.2) is 0 Å². The van der Waals surface area contributed by atoms with Crippen molar-refractivity contribution in [3.63, 3.8) is 0 Å². The zero-order valence-electron chi connectivity index (χ0n) is 7.83. The summed E-state index contributed by atoms with van der Waals surface area (Å²) in [5, 5.41) is 0. The van der Waals surface area contributed by atoms with Crippen molar-refractivity contribution in [2.75, 3.05) is 27.3 Å². The lowest BCUT2D eigenvalue weighted by Gasteiger charge is -2.32. The SMILES string of the molecule is COC(=O)N1CC[C@H](OC)[C@H](F)C1. The fourth-order valence-electron chi connectivity index (χ4n) is 1.44. The normalized spacial score (nSPS) is 28.7. The number of amides is 1. The largest absolute Gasteiger partial charge is 0.453 e. The number of ether oxygens (including phenoxy) is 2. The molecule has 5 heteroatoms. The summed E-state index contributed by atoms with van der Waals surface area (Å²) in [6.45, 7) is 0.552. The Labute approximate surface area is 76.6 Å². The number of nitrogens with zero attached hydrogens (tertiary/aromatic N) is 1. The monoisotopic (exact) mass is 191 g/mol. The standard InChI is InChI=1S/C8H14FNO3/c1-12-7-3-4-10(5-6(7)9)8(11)13-2/h6-7H,3-5H2,1-2H3/t6-,7+/m1/s1. The summed E-state index contributed by atoms with van der Waals surface area (Å²) in [6.07, 6.45) is -1.46. The minimum Gasteiger partial charge on any atom is -0.453 e. The van der Waals surface area contributed by atoms with Gasteiger partial charge in [0.25, 0.3) is 0 Å².